The number of amides is 1. The highest BCUT2D eigenvalue weighted by molar-refractivity contribution is 7.80. The number of ether oxygens (including phenoxy) is 1. The van der Waals surface area contributed by atoms with Crippen molar-refractivity contribution in [2.45, 2.75) is 6.92 Å². The molecule has 3 aromatic carbocycles. The molecule has 0 atom stereocenters. The third kappa shape index (κ3) is 5.02. The molecule has 0 aliphatic heterocycles. The normalized spacial score (nSPS) is 10.7. The van der Waals surface area contributed by atoms with Gasteiger partial charge in [0, 0.05) is 16.3 Å². The number of nitrogens with zero attached hydrogens (tertiary/aromatic N) is 1. The first-order chi connectivity index (χ1) is 15.4. The number of fused-ring (bicyclic) bond motifs is 1. The fourth-order valence-electron chi connectivity index (χ4n) is 3.01. The second-order valence-corrected chi connectivity index (χ2v) is 7.95. The predicted molar refractivity (Wildman–Crippen MR) is 131 cm³/mol. The van der Waals surface area contributed by atoms with Gasteiger partial charge in [0.1, 0.15) is 11.3 Å². The molecule has 0 saturated carbocycles. The van der Waals surface area contributed by atoms with E-state index in [2.05, 4.69) is 15.6 Å². The average molecular weight is 486 g/mol. The lowest BCUT2D eigenvalue weighted by Crippen LogP contribution is -2.34. The molecular weight excluding hydrogens is 469 g/mol. The Morgan fingerprint density at radius 3 is 2.78 bits per heavy atom. The lowest BCUT2D eigenvalue weighted by molar-refractivity contribution is 0.0977. The average Bonchev–Trinajstić information content (AvgIpc) is 3.19. The third-order valence-corrected chi connectivity index (χ3v) is 5.21. The standard InChI is InChI=1S/C23H17Cl2N3O3S/c1-2-30-16-5-3-4-13(10-16)21(29)28-23(32)26-15-7-9-20-19(12-15)27-22(31-20)17-11-14(24)6-8-18(17)25/h3-12H,2H2,1H3,(H2,26,28,29,32). The van der Waals surface area contributed by atoms with Crippen LogP contribution in [0.5, 0.6) is 5.75 Å². The molecule has 0 saturated heterocycles. The van der Waals surface area contributed by atoms with Gasteiger partial charge >= 0.3 is 0 Å². The number of carbonyl (C=O) groups excluding carboxylic acids is 1. The van der Waals surface area contributed by atoms with E-state index in [1.807, 2.05) is 6.92 Å². The largest absolute Gasteiger partial charge is 0.494 e. The van der Waals surface area contributed by atoms with Gasteiger partial charge in [0.05, 0.1) is 17.2 Å². The molecule has 4 rings (SSSR count). The number of hydrogen-bond donors (Lipinski definition) is 2. The first-order valence-electron chi connectivity index (χ1n) is 9.64. The van der Waals surface area contributed by atoms with Crippen LogP contribution < -0.4 is 15.4 Å². The van der Waals surface area contributed by atoms with Gasteiger partial charge in [-0.1, -0.05) is 29.3 Å². The van der Waals surface area contributed by atoms with E-state index in [1.165, 1.54) is 0 Å². The second-order valence-electron chi connectivity index (χ2n) is 6.69. The summed E-state index contributed by atoms with van der Waals surface area (Å²) in [4.78, 5) is 17.0. The van der Waals surface area contributed by atoms with Crippen molar-refractivity contribution in [3.05, 3.63) is 76.3 Å². The lowest BCUT2D eigenvalue weighted by atomic mass is 10.2. The SMILES string of the molecule is CCOc1cccc(C(=O)NC(=S)Nc2ccc3oc(-c4cc(Cl)ccc4Cl)nc3c2)c1. The van der Waals surface area contributed by atoms with Crippen molar-refractivity contribution in [2.24, 2.45) is 0 Å². The minimum atomic E-state index is -0.343. The summed E-state index contributed by atoms with van der Waals surface area (Å²) in [7, 11) is 0. The number of nitrogens with one attached hydrogen (secondary N) is 2. The molecule has 4 aromatic rings. The van der Waals surface area contributed by atoms with Gasteiger partial charge in [-0.2, -0.15) is 0 Å². The molecule has 6 nitrogen and oxygen atoms in total. The molecule has 0 aliphatic rings. The quantitative estimate of drug-likeness (QED) is 0.321. The smallest absolute Gasteiger partial charge is 0.257 e. The van der Waals surface area contributed by atoms with Crippen molar-refractivity contribution in [2.75, 3.05) is 11.9 Å². The van der Waals surface area contributed by atoms with E-state index in [0.29, 0.717) is 56.2 Å². The van der Waals surface area contributed by atoms with Crippen LogP contribution in [0.1, 0.15) is 17.3 Å². The van der Waals surface area contributed by atoms with Crippen LogP contribution in [-0.2, 0) is 0 Å². The molecular formula is C23H17Cl2N3O3S. The van der Waals surface area contributed by atoms with Crippen LogP contribution in [-0.4, -0.2) is 22.6 Å². The molecule has 9 heteroatoms. The van der Waals surface area contributed by atoms with Gasteiger partial charge in [0.2, 0.25) is 5.89 Å². The molecule has 0 bridgehead atoms. The van der Waals surface area contributed by atoms with Gasteiger partial charge in [-0.25, -0.2) is 4.98 Å². The van der Waals surface area contributed by atoms with Crippen LogP contribution in [0.15, 0.2) is 65.1 Å². The van der Waals surface area contributed by atoms with Gasteiger partial charge in [-0.3, -0.25) is 10.1 Å². The molecule has 1 amide bonds. The van der Waals surface area contributed by atoms with Gasteiger partial charge < -0.3 is 14.5 Å². The first kappa shape index (κ1) is 22.1. The minimum absolute atomic E-state index is 0.151. The van der Waals surface area contributed by atoms with Gasteiger partial charge in [0.15, 0.2) is 10.7 Å². The van der Waals surface area contributed by atoms with E-state index in [-0.39, 0.29) is 11.0 Å². The number of rotatable bonds is 5. The van der Waals surface area contributed by atoms with Crippen molar-refractivity contribution in [1.29, 1.82) is 0 Å². The van der Waals surface area contributed by atoms with Crippen molar-refractivity contribution in [1.82, 2.24) is 10.3 Å². The maximum atomic E-state index is 12.5. The summed E-state index contributed by atoms with van der Waals surface area (Å²) < 4.78 is 11.2. The van der Waals surface area contributed by atoms with E-state index >= 15 is 0 Å². The highest BCUT2D eigenvalue weighted by atomic mass is 35.5. The number of oxazole rings is 1. The van der Waals surface area contributed by atoms with Crippen molar-refractivity contribution >= 4 is 63.2 Å². The van der Waals surface area contributed by atoms with Crippen LogP contribution >= 0.6 is 35.4 Å². The Balaban J connectivity index is 1.48. The second kappa shape index (κ2) is 9.56. The highest BCUT2D eigenvalue weighted by Gasteiger charge is 2.14. The maximum absolute atomic E-state index is 12.5. The summed E-state index contributed by atoms with van der Waals surface area (Å²) >= 11 is 17.6. The number of hydrogen-bond acceptors (Lipinski definition) is 5. The van der Waals surface area contributed by atoms with Crippen LogP contribution in [0.3, 0.4) is 0 Å². The van der Waals surface area contributed by atoms with E-state index < -0.39 is 0 Å². The van der Waals surface area contributed by atoms with Crippen molar-refractivity contribution in [3.8, 4) is 17.2 Å². The Labute approximate surface area is 199 Å². The molecule has 32 heavy (non-hydrogen) atoms. The van der Waals surface area contributed by atoms with Crippen LogP contribution in [0.4, 0.5) is 5.69 Å². The minimum Gasteiger partial charge on any atom is -0.494 e. The van der Waals surface area contributed by atoms with Crippen LogP contribution in [0, 0.1) is 0 Å². The molecule has 1 aromatic heterocycles. The summed E-state index contributed by atoms with van der Waals surface area (Å²) in [5, 5.41) is 6.80. The molecule has 0 fully saturated rings. The molecule has 0 radical (unpaired) electrons. The summed E-state index contributed by atoms with van der Waals surface area (Å²) in [6.07, 6.45) is 0. The fraction of sp³-hybridized carbons (Fsp3) is 0.0870. The Bertz CT molecular complexity index is 1320. The highest BCUT2D eigenvalue weighted by Crippen LogP contribution is 2.32. The molecule has 1 heterocycles. The lowest BCUT2D eigenvalue weighted by Gasteiger charge is -2.10. The van der Waals surface area contributed by atoms with Gasteiger partial charge in [-0.05, 0) is 73.7 Å². The molecule has 162 valence electrons. The number of aromatic nitrogens is 1. The topological polar surface area (TPSA) is 76.4 Å². The number of thiocarbonyl (C=S) groups is 1. The van der Waals surface area contributed by atoms with E-state index in [4.69, 9.17) is 44.6 Å². The number of carbonyl (C=O) groups is 1. The third-order valence-electron chi connectivity index (χ3n) is 4.44. The Morgan fingerprint density at radius 1 is 1.12 bits per heavy atom. The van der Waals surface area contributed by atoms with Gasteiger partial charge in [0.25, 0.3) is 5.91 Å². The zero-order valence-corrected chi connectivity index (χ0v) is 19.1. The fourth-order valence-corrected chi connectivity index (χ4v) is 3.59. The summed E-state index contributed by atoms with van der Waals surface area (Å²) in [6, 6.07) is 17.2. The van der Waals surface area contributed by atoms with Crippen LogP contribution in [0.2, 0.25) is 10.0 Å². The maximum Gasteiger partial charge on any atom is 0.257 e. The Kier molecular flexibility index (Phi) is 6.60. The molecule has 0 unspecified atom stereocenters. The first-order valence-corrected chi connectivity index (χ1v) is 10.8. The summed E-state index contributed by atoms with van der Waals surface area (Å²) in [5.41, 5.74) is 2.85. The van der Waals surface area contributed by atoms with E-state index in [1.54, 1.807) is 60.7 Å². The predicted octanol–water partition coefficient (Wildman–Crippen LogP) is 6.33. The van der Waals surface area contributed by atoms with Crippen LogP contribution in [0.25, 0.3) is 22.6 Å². The van der Waals surface area contributed by atoms with E-state index in [9.17, 15) is 4.79 Å². The number of benzene rings is 3. The molecule has 2 N–H and O–H groups in total. The molecule has 0 spiro atoms. The number of anilines is 1. The summed E-state index contributed by atoms with van der Waals surface area (Å²) in [6.45, 7) is 2.39. The number of halogens is 2. The Hall–Kier alpha value is -3.13. The molecule has 0 aliphatic carbocycles. The van der Waals surface area contributed by atoms with Gasteiger partial charge in [-0.15, -0.1) is 0 Å². The van der Waals surface area contributed by atoms with Crippen molar-refractivity contribution in [3.63, 3.8) is 0 Å². The zero-order valence-electron chi connectivity index (χ0n) is 16.8. The van der Waals surface area contributed by atoms with E-state index in [0.717, 1.165) is 0 Å². The Morgan fingerprint density at radius 2 is 1.97 bits per heavy atom. The van der Waals surface area contributed by atoms with Crippen molar-refractivity contribution < 1.29 is 13.9 Å². The summed E-state index contributed by atoms with van der Waals surface area (Å²) in [5.74, 6) is 0.630. The zero-order chi connectivity index (χ0) is 22.7. The monoisotopic (exact) mass is 485 g/mol.